The minimum atomic E-state index is -0.429. The average molecular weight is 318 g/mol. The van der Waals surface area contributed by atoms with E-state index in [9.17, 15) is 20.2 Å². The van der Waals surface area contributed by atoms with Gasteiger partial charge in [-0.3, -0.25) is 30.2 Å². The number of aromatic nitrogens is 2. The summed E-state index contributed by atoms with van der Waals surface area (Å²) in [7, 11) is 0. The Morgan fingerprint density at radius 2 is 1.35 bits per heavy atom. The molecule has 8 heteroatoms. The topological polar surface area (TPSA) is 112 Å². The van der Waals surface area contributed by atoms with E-state index in [0.717, 1.165) is 11.4 Å². The van der Waals surface area contributed by atoms with Gasteiger partial charge in [-0.05, 0) is 39.3 Å². The fourth-order valence-electron chi connectivity index (χ4n) is 1.90. The third-order valence-corrected chi connectivity index (χ3v) is 3.01. The van der Waals surface area contributed by atoms with Crippen LogP contribution in [0.4, 0.5) is 11.4 Å². The van der Waals surface area contributed by atoms with E-state index < -0.39 is 9.85 Å². The Bertz CT molecular complexity index is 731. The summed E-state index contributed by atoms with van der Waals surface area (Å²) in [6.45, 7) is 7.11. The number of nitrogens with zero attached hydrogens (tertiary/aromatic N) is 4. The standard InChI is InChI=1S/C8H10N2O2.C7H8N2O2/c1-3-7-8(10(11)12)5-4-6(2)9-7;1-5-3-4-7(9(10)11)6(2)8-5/h4-5H,3H2,1-2H3;3-4H,1-2H3. The zero-order valence-corrected chi connectivity index (χ0v) is 13.4. The molecule has 0 unspecified atom stereocenters. The molecule has 0 aliphatic rings. The predicted octanol–water partition coefficient (Wildman–Crippen LogP) is 3.47. The Hall–Kier alpha value is -2.90. The van der Waals surface area contributed by atoms with Crippen LogP contribution in [0.2, 0.25) is 0 Å². The first-order chi connectivity index (χ1) is 10.8. The van der Waals surface area contributed by atoms with Gasteiger partial charge in [-0.25, -0.2) is 0 Å². The quantitative estimate of drug-likeness (QED) is 0.632. The second-order valence-corrected chi connectivity index (χ2v) is 4.84. The summed E-state index contributed by atoms with van der Waals surface area (Å²) in [5, 5.41) is 20.8. The molecule has 2 rings (SSSR count). The number of hydrogen-bond acceptors (Lipinski definition) is 6. The third-order valence-electron chi connectivity index (χ3n) is 3.01. The lowest BCUT2D eigenvalue weighted by molar-refractivity contribution is -0.386. The van der Waals surface area contributed by atoms with Crippen LogP contribution in [0.3, 0.4) is 0 Å². The van der Waals surface area contributed by atoms with Crippen LogP contribution in [0, 0.1) is 41.0 Å². The summed E-state index contributed by atoms with van der Waals surface area (Å²) >= 11 is 0. The van der Waals surface area contributed by atoms with Crippen molar-refractivity contribution in [3.8, 4) is 0 Å². The van der Waals surface area contributed by atoms with Crippen LogP contribution in [-0.2, 0) is 6.42 Å². The largest absolute Gasteiger partial charge is 0.290 e. The van der Waals surface area contributed by atoms with E-state index in [-0.39, 0.29) is 11.4 Å². The monoisotopic (exact) mass is 318 g/mol. The van der Waals surface area contributed by atoms with E-state index in [1.165, 1.54) is 12.1 Å². The SMILES string of the molecule is CCc1nc(C)ccc1[N+](=O)[O-].Cc1ccc([N+](=O)[O-])c(C)n1. The summed E-state index contributed by atoms with van der Waals surface area (Å²) < 4.78 is 0. The minimum Gasteiger partial charge on any atom is -0.258 e. The first-order valence-corrected chi connectivity index (χ1v) is 6.95. The van der Waals surface area contributed by atoms with E-state index in [2.05, 4.69) is 9.97 Å². The van der Waals surface area contributed by atoms with Gasteiger partial charge in [0.05, 0.1) is 9.85 Å². The lowest BCUT2D eigenvalue weighted by Gasteiger charge is -1.98. The van der Waals surface area contributed by atoms with Crippen molar-refractivity contribution in [3.63, 3.8) is 0 Å². The van der Waals surface area contributed by atoms with E-state index in [1.54, 1.807) is 26.0 Å². The molecular weight excluding hydrogens is 300 g/mol. The Labute approximate surface area is 133 Å². The van der Waals surface area contributed by atoms with Crippen molar-refractivity contribution < 1.29 is 9.85 Å². The first kappa shape index (κ1) is 18.1. The van der Waals surface area contributed by atoms with Crippen LogP contribution in [0.15, 0.2) is 24.3 Å². The molecule has 0 aliphatic carbocycles. The highest BCUT2D eigenvalue weighted by molar-refractivity contribution is 5.36. The molecule has 0 aromatic carbocycles. The van der Waals surface area contributed by atoms with Crippen molar-refractivity contribution in [1.82, 2.24) is 9.97 Å². The van der Waals surface area contributed by atoms with Gasteiger partial charge in [0.2, 0.25) is 0 Å². The van der Waals surface area contributed by atoms with Crippen molar-refractivity contribution in [3.05, 3.63) is 67.3 Å². The molecule has 0 amide bonds. The summed E-state index contributed by atoms with van der Waals surface area (Å²) in [6.07, 6.45) is 0.595. The predicted molar refractivity (Wildman–Crippen MR) is 85.4 cm³/mol. The summed E-state index contributed by atoms with van der Waals surface area (Å²) in [4.78, 5) is 28.0. The van der Waals surface area contributed by atoms with Gasteiger partial charge in [-0.1, -0.05) is 6.92 Å². The maximum atomic E-state index is 10.5. The number of rotatable bonds is 3. The zero-order chi connectivity index (χ0) is 17.6. The molecule has 0 saturated heterocycles. The maximum Gasteiger partial charge on any atom is 0.290 e. The van der Waals surface area contributed by atoms with Crippen LogP contribution in [-0.4, -0.2) is 19.8 Å². The number of aryl methyl sites for hydroxylation is 4. The van der Waals surface area contributed by atoms with Gasteiger partial charge in [0.15, 0.2) is 0 Å². The van der Waals surface area contributed by atoms with Gasteiger partial charge in [0.1, 0.15) is 11.4 Å². The number of nitro groups is 2. The van der Waals surface area contributed by atoms with Gasteiger partial charge < -0.3 is 0 Å². The molecule has 2 aromatic heterocycles. The Morgan fingerprint density at radius 3 is 1.78 bits per heavy atom. The van der Waals surface area contributed by atoms with Gasteiger partial charge in [-0.2, -0.15) is 0 Å². The Balaban J connectivity index is 0.000000231. The molecule has 0 atom stereocenters. The van der Waals surface area contributed by atoms with Crippen LogP contribution in [0.5, 0.6) is 0 Å². The van der Waals surface area contributed by atoms with Crippen molar-refractivity contribution in [2.75, 3.05) is 0 Å². The van der Waals surface area contributed by atoms with Crippen LogP contribution in [0.1, 0.15) is 29.7 Å². The highest BCUT2D eigenvalue weighted by Crippen LogP contribution is 2.16. The van der Waals surface area contributed by atoms with Crippen molar-refractivity contribution in [2.24, 2.45) is 0 Å². The molecule has 0 radical (unpaired) electrons. The highest BCUT2D eigenvalue weighted by atomic mass is 16.6. The van der Waals surface area contributed by atoms with Crippen LogP contribution >= 0.6 is 0 Å². The molecular formula is C15H18N4O4. The van der Waals surface area contributed by atoms with E-state index in [1.807, 2.05) is 13.8 Å². The molecule has 2 aromatic rings. The minimum absolute atomic E-state index is 0.0793. The fourth-order valence-corrected chi connectivity index (χ4v) is 1.90. The molecule has 23 heavy (non-hydrogen) atoms. The van der Waals surface area contributed by atoms with Crippen molar-refractivity contribution >= 4 is 11.4 Å². The van der Waals surface area contributed by atoms with Crippen molar-refractivity contribution in [1.29, 1.82) is 0 Å². The molecule has 0 N–H and O–H groups in total. The number of hydrogen-bond donors (Lipinski definition) is 0. The zero-order valence-electron chi connectivity index (χ0n) is 13.4. The van der Waals surface area contributed by atoms with Crippen molar-refractivity contribution in [2.45, 2.75) is 34.1 Å². The normalized spacial score (nSPS) is 9.74. The van der Waals surface area contributed by atoms with Gasteiger partial charge in [-0.15, -0.1) is 0 Å². The molecule has 0 fully saturated rings. The van der Waals surface area contributed by atoms with E-state index in [0.29, 0.717) is 17.8 Å². The molecule has 2 heterocycles. The van der Waals surface area contributed by atoms with Gasteiger partial charge in [0.25, 0.3) is 11.4 Å². The lowest BCUT2D eigenvalue weighted by atomic mass is 10.2. The molecule has 0 spiro atoms. The van der Waals surface area contributed by atoms with Gasteiger partial charge >= 0.3 is 0 Å². The maximum absolute atomic E-state index is 10.5. The van der Waals surface area contributed by atoms with Crippen LogP contribution in [0.25, 0.3) is 0 Å². The summed E-state index contributed by atoms with van der Waals surface area (Å²) in [5.41, 5.74) is 2.83. The smallest absolute Gasteiger partial charge is 0.258 e. The van der Waals surface area contributed by atoms with Gasteiger partial charge in [0, 0.05) is 23.5 Å². The van der Waals surface area contributed by atoms with E-state index >= 15 is 0 Å². The number of pyridine rings is 2. The molecule has 8 nitrogen and oxygen atoms in total. The average Bonchev–Trinajstić information content (AvgIpc) is 2.46. The highest BCUT2D eigenvalue weighted by Gasteiger charge is 2.12. The first-order valence-electron chi connectivity index (χ1n) is 6.95. The second kappa shape index (κ2) is 7.92. The van der Waals surface area contributed by atoms with Crippen LogP contribution < -0.4 is 0 Å². The summed E-state index contributed by atoms with van der Waals surface area (Å²) in [5.74, 6) is 0. The molecule has 0 aliphatic heterocycles. The molecule has 0 saturated carbocycles. The second-order valence-electron chi connectivity index (χ2n) is 4.84. The molecule has 0 bridgehead atoms. The fraction of sp³-hybridized carbons (Fsp3) is 0.333. The Kier molecular flexibility index (Phi) is 6.25. The Morgan fingerprint density at radius 1 is 0.870 bits per heavy atom. The summed E-state index contributed by atoms with van der Waals surface area (Å²) in [6, 6.07) is 6.25. The third kappa shape index (κ3) is 5.10. The lowest BCUT2D eigenvalue weighted by Crippen LogP contribution is -1.98. The molecule has 122 valence electrons. The van der Waals surface area contributed by atoms with E-state index in [4.69, 9.17) is 0 Å².